The molecule has 1 aliphatic carbocycles. The SMILES string of the molecule is CC(C)(C)OC(=O)CC1C=Cc2ncnc(N)c2C1. The molecule has 2 rings (SSSR count). The Hall–Kier alpha value is -1.91. The van der Waals surface area contributed by atoms with Crippen LogP contribution in [0.2, 0.25) is 0 Å². The Kier molecular flexibility index (Phi) is 3.55. The van der Waals surface area contributed by atoms with Crippen molar-refractivity contribution in [3.05, 3.63) is 23.7 Å². The molecule has 0 saturated heterocycles. The monoisotopic (exact) mass is 261 g/mol. The van der Waals surface area contributed by atoms with E-state index in [4.69, 9.17) is 10.5 Å². The summed E-state index contributed by atoms with van der Waals surface area (Å²) in [4.78, 5) is 19.9. The van der Waals surface area contributed by atoms with Crippen LogP contribution in [-0.4, -0.2) is 21.5 Å². The third kappa shape index (κ3) is 3.53. The highest BCUT2D eigenvalue weighted by atomic mass is 16.6. The van der Waals surface area contributed by atoms with E-state index in [0.29, 0.717) is 18.7 Å². The average Bonchev–Trinajstić information content (AvgIpc) is 2.27. The highest BCUT2D eigenvalue weighted by molar-refractivity contribution is 5.71. The smallest absolute Gasteiger partial charge is 0.306 e. The first kappa shape index (κ1) is 13.5. The van der Waals surface area contributed by atoms with Gasteiger partial charge in [-0.3, -0.25) is 4.79 Å². The van der Waals surface area contributed by atoms with Crippen molar-refractivity contribution < 1.29 is 9.53 Å². The Labute approximate surface area is 112 Å². The fourth-order valence-electron chi connectivity index (χ4n) is 2.09. The molecule has 0 amide bonds. The first-order chi connectivity index (χ1) is 8.85. The van der Waals surface area contributed by atoms with Crippen LogP contribution in [0.1, 0.15) is 38.4 Å². The van der Waals surface area contributed by atoms with Gasteiger partial charge in [0.2, 0.25) is 0 Å². The first-order valence-electron chi connectivity index (χ1n) is 6.34. The Balaban J connectivity index is 2.03. The summed E-state index contributed by atoms with van der Waals surface area (Å²) in [6.07, 6.45) is 6.36. The zero-order chi connectivity index (χ0) is 14.0. The Morgan fingerprint density at radius 3 is 2.89 bits per heavy atom. The lowest BCUT2D eigenvalue weighted by molar-refractivity contribution is -0.155. The minimum atomic E-state index is -0.449. The second-order valence-corrected chi connectivity index (χ2v) is 5.74. The van der Waals surface area contributed by atoms with E-state index in [-0.39, 0.29) is 11.9 Å². The molecule has 1 atom stereocenters. The number of esters is 1. The zero-order valence-electron chi connectivity index (χ0n) is 11.5. The van der Waals surface area contributed by atoms with Crippen LogP contribution in [0.4, 0.5) is 5.82 Å². The lowest BCUT2D eigenvalue weighted by Crippen LogP contribution is -2.26. The van der Waals surface area contributed by atoms with Crippen LogP contribution < -0.4 is 5.73 Å². The van der Waals surface area contributed by atoms with E-state index in [2.05, 4.69) is 9.97 Å². The molecule has 1 aromatic rings. The number of fused-ring (bicyclic) bond motifs is 1. The fraction of sp³-hybridized carbons (Fsp3) is 0.500. The molecule has 1 aromatic heterocycles. The molecule has 102 valence electrons. The molecule has 0 saturated carbocycles. The van der Waals surface area contributed by atoms with Gasteiger partial charge in [-0.2, -0.15) is 0 Å². The van der Waals surface area contributed by atoms with Gasteiger partial charge < -0.3 is 10.5 Å². The number of allylic oxidation sites excluding steroid dienone is 1. The molecule has 1 unspecified atom stereocenters. The maximum atomic E-state index is 11.8. The van der Waals surface area contributed by atoms with Crippen molar-refractivity contribution in [3.63, 3.8) is 0 Å². The topological polar surface area (TPSA) is 78.1 Å². The standard InChI is InChI=1S/C14H19N3O2/c1-14(2,3)19-12(18)7-9-4-5-11-10(6-9)13(15)17-8-16-11/h4-5,8-9H,6-7H2,1-3H3,(H2,15,16,17). The van der Waals surface area contributed by atoms with Gasteiger partial charge in [0.25, 0.3) is 0 Å². The van der Waals surface area contributed by atoms with Crippen LogP contribution in [0.5, 0.6) is 0 Å². The molecule has 5 nitrogen and oxygen atoms in total. The molecule has 0 bridgehead atoms. The number of aromatic nitrogens is 2. The predicted molar refractivity (Wildman–Crippen MR) is 73.1 cm³/mol. The van der Waals surface area contributed by atoms with Gasteiger partial charge in [-0.1, -0.05) is 6.08 Å². The van der Waals surface area contributed by atoms with E-state index in [1.54, 1.807) is 0 Å². The van der Waals surface area contributed by atoms with Gasteiger partial charge in [0.15, 0.2) is 0 Å². The van der Waals surface area contributed by atoms with Gasteiger partial charge in [0.05, 0.1) is 12.1 Å². The Morgan fingerprint density at radius 2 is 2.21 bits per heavy atom. The molecular weight excluding hydrogens is 242 g/mol. The van der Waals surface area contributed by atoms with Gasteiger partial charge in [0, 0.05) is 5.56 Å². The zero-order valence-corrected chi connectivity index (χ0v) is 11.5. The number of nitrogens with two attached hydrogens (primary N) is 1. The van der Waals surface area contributed by atoms with Crippen molar-refractivity contribution in [3.8, 4) is 0 Å². The lowest BCUT2D eigenvalue weighted by Gasteiger charge is -2.23. The molecule has 0 fully saturated rings. The van der Waals surface area contributed by atoms with Crippen molar-refractivity contribution in [2.75, 3.05) is 5.73 Å². The van der Waals surface area contributed by atoms with E-state index in [0.717, 1.165) is 11.3 Å². The Morgan fingerprint density at radius 1 is 1.47 bits per heavy atom. The van der Waals surface area contributed by atoms with Crippen molar-refractivity contribution in [2.24, 2.45) is 5.92 Å². The van der Waals surface area contributed by atoms with E-state index in [1.165, 1.54) is 6.33 Å². The summed E-state index contributed by atoms with van der Waals surface area (Å²) >= 11 is 0. The van der Waals surface area contributed by atoms with Gasteiger partial charge >= 0.3 is 5.97 Å². The van der Waals surface area contributed by atoms with E-state index in [9.17, 15) is 4.79 Å². The van der Waals surface area contributed by atoms with Crippen LogP contribution >= 0.6 is 0 Å². The third-order valence-electron chi connectivity index (χ3n) is 2.85. The van der Waals surface area contributed by atoms with Gasteiger partial charge in [0.1, 0.15) is 17.7 Å². The summed E-state index contributed by atoms with van der Waals surface area (Å²) in [7, 11) is 0. The molecule has 0 radical (unpaired) electrons. The molecular formula is C14H19N3O2. The number of carbonyl (C=O) groups excluding carboxylic acids is 1. The molecule has 2 N–H and O–H groups in total. The minimum Gasteiger partial charge on any atom is -0.460 e. The van der Waals surface area contributed by atoms with E-state index in [1.807, 2.05) is 32.9 Å². The second kappa shape index (κ2) is 4.99. The molecule has 19 heavy (non-hydrogen) atoms. The van der Waals surface area contributed by atoms with Gasteiger partial charge in [-0.25, -0.2) is 9.97 Å². The number of carbonyl (C=O) groups is 1. The van der Waals surface area contributed by atoms with E-state index < -0.39 is 5.60 Å². The summed E-state index contributed by atoms with van der Waals surface area (Å²) in [6, 6.07) is 0. The van der Waals surface area contributed by atoms with Crippen molar-refractivity contribution >= 4 is 17.9 Å². The molecule has 1 heterocycles. The van der Waals surface area contributed by atoms with Crippen LogP contribution in [0.3, 0.4) is 0 Å². The maximum Gasteiger partial charge on any atom is 0.306 e. The van der Waals surface area contributed by atoms with Gasteiger partial charge in [-0.05, 0) is 39.2 Å². The lowest BCUT2D eigenvalue weighted by atomic mass is 9.90. The summed E-state index contributed by atoms with van der Waals surface area (Å²) in [5.74, 6) is 0.389. The molecule has 5 heteroatoms. The predicted octanol–water partition coefficient (Wildman–Crippen LogP) is 1.98. The second-order valence-electron chi connectivity index (χ2n) is 5.74. The highest BCUT2D eigenvalue weighted by Gasteiger charge is 2.23. The molecule has 0 aromatic carbocycles. The number of rotatable bonds is 2. The average molecular weight is 261 g/mol. The van der Waals surface area contributed by atoms with Gasteiger partial charge in [-0.15, -0.1) is 0 Å². The minimum absolute atomic E-state index is 0.0932. The first-order valence-corrected chi connectivity index (χ1v) is 6.34. The van der Waals surface area contributed by atoms with Crippen molar-refractivity contribution in [1.82, 2.24) is 9.97 Å². The summed E-state index contributed by atoms with van der Waals surface area (Å²) < 4.78 is 5.32. The molecule has 1 aliphatic rings. The van der Waals surface area contributed by atoms with Crippen LogP contribution in [0.15, 0.2) is 12.4 Å². The number of ether oxygens (including phenoxy) is 1. The molecule has 0 spiro atoms. The van der Waals surface area contributed by atoms with Crippen molar-refractivity contribution in [1.29, 1.82) is 0 Å². The fourth-order valence-corrected chi connectivity index (χ4v) is 2.09. The van der Waals surface area contributed by atoms with Crippen molar-refractivity contribution in [2.45, 2.75) is 39.2 Å². The normalized spacial score (nSPS) is 17.9. The number of nitrogens with zero attached hydrogens (tertiary/aromatic N) is 2. The highest BCUT2D eigenvalue weighted by Crippen LogP contribution is 2.27. The van der Waals surface area contributed by atoms with Crippen LogP contribution in [0, 0.1) is 5.92 Å². The summed E-state index contributed by atoms with van der Waals surface area (Å²) in [5, 5.41) is 0. The summed E-state index contributed by atoms with van der Waals surface area (Å²) in [5.41, 5.74) is 7.14. The Bertz CT molecular complexity index is 518. The number of hydrogen-bond donors (Lipinski definition) is 1. The van der Waals surface area contributed by atoms with E-state index >= 15 is 0 Å². The third-order valence-corrected chi connectivity index (χ3v) is 2.85. The van der Waals surface area contributed by atoms with Crippen LogP contribution in [0.25, 0.3) is 6.08 Å². The number of hydrogen-bond acceptors (Lipinski definition) is 5. The number of anilines is 1. The summed E-state index contributed by atoms with van der Waals surface area (Å²) in [6.45, 7) is 5.59. The maximum absolute atomic E-state index is 11.8. The quantitative estimate of drug-likeness (QED) is 0.823. The largest absolute Gasteiger partial charge is 0.460 e. The molecule has 0 aliphatic heterocycles. The number of nitrogen functional groups attached to an aromatic ring is 1. The van der Waals surface area contributed by atoms with Crippen LogP contribution in [-0.2, 0) is 16.0 Å².